The summed E-state index contributed by atoms with van der Waals surface area (Å²) in [7, 11) is 0. The van der Waals surface area contributed by atoms with E-state index in [0.29, 0.717) is 16.6 Å². The molecule has 17 heavy (non-hydrogen) atoms. The summed E-state index contributed by atoms with van der Waals surface area (Å²) in [6.07, 6.45) is 4.89. The Morgan fingerprint density at radius 2 is 2.06 bits per heavy atom. The van der Waals surface area contributed by atoms with Crippen LogP contribution in [0.3, 0.4) is 0 Å². The molecule has 0 atom stereocenters. The third-order valence-electron chi connectivity index (χ3n) is 1.92. The van der Waals surface area contributed by atoms with E-state index in [0.717, 1.165) is 10.7 Å². The highest BCUT2D eigenvalue weighted by Gasteiger charge is 2.00. The Morgan fingerprint density at radius 1 is 1.18 bits per heavy atom. The maximum Gasteiger partial charge on any atom is 0.158 e. The standard InChI is InChI=1S/C10H10ClN5S/c11-7-1-2-10(15-3-7)17-6-8-4-14-9(16-12)5-13-8/h1-5H,6,12H2,(H,14,16). The zero-order valence-electron chi connectivity index (χ0n) is 8.80. The molecule has 0 aliphatic heterocycles. The van der Waals surface area contributed by atoms with Gasteiger partial charge in [-0.3, -0.25) is 4.98 Å². The van der Waals surface area contributed by atoms with Gasteiger partial charge in [0.2, 0.25) is 0 Å². The average Bonchev–Trinajstić information content (AvgIpc) is 2.39. The number of pyridine rings is 1. The molecule has 2 rings (SSSR count). The Hall–Kier alpha value is -1.37. The van der Waals surface area contributed by atoms with Crippen LogP contribution in [-0.2, 0) is 5.75 Å². The van der Waals surface area contributed by atoms with Crippen molar-refractivity contribution in [2.45, 2.75) is 10.8 Å². The number of rotatable bonds is 4. The molecule has 0 spiro atoms. The number of thioether (sulfide) groups is 1. The molecule has 3 N–H and O–H groups in total. The summed E-state index contributed by atoms with van der Waals surface area (Å²) in [5, 5.41) is 1.53. The smallest absolute Gasteiger partial charge is 0.158 e. The quantitative estimate of drug-likeness (QED) is 0.502. The normalized spacial score (nSPS) is 10.2. The van der Waals surface area contributed by atoms with Gasteiger partial charge in [-0.05, 0) is 12.1 Å². The zero-order valence-corrected chi connectivity index (χ0v) is 10.4. The Balaban J connectivity index is 1.95. The van der Waals surface area contributed by atoms with Gasteiger partial charge in [0.05, 0.1) is 28.1 Å². The third-order valence-corrected chi connectivity index (χ3v) is 3.12. The highest BCUT2D eigenvalue weighted by Crippen LogP contribution is 2.20. The Bertz CT molecular complexity index is 473. The lowest BCUT2D eigenvalue weighted by molar-refractivity contribution is 1.07. The maximum atomic E-state index is 5.75. The minimum Gasteiger partial charge on any atom is -0.307 e. The lowest BCUT2D eigenvalue weighted by Crippen LogP contribution is -2.08. The fourth-order valence-corrected chi connectivity index (χ4v) is 1.95. The molecular formula is C10H10ClN5S. The van der Waals surface area contributed by atoms with Crippen LogP contribution in [-0.4, -0.2) is 15.0 Å². The number of nitrogens with one attached hydrogen (secondary N) is 1. The zero-order chi connectivity index (χ0) is 12.1. The number of hydrogen-bond acceptors (Lipinski definition) is 6. The fourth-order valence-electron chi connectivity index (χ4n) is 1.10. The molecule has 0 amide bonds. The first-order chi connectivity index (χ1) is 8.28. The predicted molar refractivity (Wildman–Crippen MR) is 68.7 cm³/mol. The van der Waals surface area contributed by atoms with Crippen LogP contribution in [0.15, 0.2) is 35.7 Å². The van der Waals surface area contributed by atoms with Gasteiger partial charge in [0, 0.05) is 11.9 Å². The Labute approximate surface area is 108 Å². The van der Waals surface area contributed by atoms with Crippen molar-refractivity contribution in [1.82, 2.24) is 15.0 Å². The van der Waals surface area contributed by atoms with E-state index in [1.807, 2.05) is 12.1 Å². The van der Waals surface area contributed by atoms with Gasteiger partial charge in [0.25, 0.3) is 0 Å². The van der Waals surface area contributed by atoms with Crippen LogP contribution < -0.4 is 11.3 Å². The van der Waals surface area contributed by atoms with Crippen LogP contribution >= 0.6 is 23.4 Å². The Kier molecular flexibility index (Phi) is 4.13. The molecule has 0 bridgehead atoms. The van der Waals surface area contributed by atoms with Gasteiger partial charge >= 0.3 is 0 Å². The van der Waals surface area contributed by atoms with Crippen LogP contribution in [0.4, 0.5) is 5.82 Å². The summed E-state index contributed by atoms with van der Waals surface area (Å²) in [4.78, 5) is 12.5. The van der Waals surface area contributed by atoms with Crippen LogP contribution in [0, 0.1) is 0 Å². The molecule has 0 aliphatic rings. The van der Waals surface area contributed by atoms with Crippen LogP contribution in [0.1, 0.15) is 5.69 Å². The first-order valence-corrected chi connectivity index (χ1v) is 6.16. The molecule has 0 radical (unpaired) electrons. The monoisotopic (exact) mass is 267 g/mol. The largest absolute Gasteiger partial charge is 0.307 e. The van der Waals surface area contributed by atoms with E-state index in [1.54, 1.807) is 30.4 Å². The number of hydrazine groups is 1. The molecule has 88 valence electrons. The van der Waals surface area contributed by atoms with Crippen molar-refractivity contribution in [2.75, 3.05) is 5.43 Å². The second-order valence-electron chi connectivity index (χ2n) is 3.14. The van der Waals surface area contributed by atoms with Crippen molar-refractivity contribution in [3.8, 4) is 0 Å². The minimum absolute atomic E-state index is 0.545. The van der Waals surface area contributed by atoms with Crippen LogP contribution in [0.25, 0.3) is 0 Å². The van der Waals surface area contributed by atoms with Gasteiger partial charge in [-0.2, -0.15) is 0 Å². The molecule has 0 aliphatic carbocycles. The first-order valence-electron chi connectivity index (χ1n) is 4.80. The number of nitrogens with zero attached hydrogens (tertiary/aromatic N) is 3. The summed E-state index contributed by atoms with van der Waals surface area (Å²) in [5.41, 5.74) is 3.29. The molecule has 2 aromatic rings. The van der Waals surface area contributed by atoms with E-state index in [-0.39, 0.29) is 0 Å². The number of halogens is 1. The number of nitrogen functional groups attached to an aromatic ring is 1. The molecule has 0 fully saturated rings. The van der Waals surface area contributed by atoms with Gasteiger partial charge in [-0.15, -0.1) is 0 Å². The number of aromatic nitrogens is 3. The van der Waals surface area contributed by atoms with E-state index in [1.165, 1.54) is 0 Å². The van der Waals surface area contributed by atoms with E-state index < -0.39 is 0 Å². The van der Waals surface area contributed by atoms with E-state index >= 15 is 0 Å². The number of anilines is 1. The molecule has 0 unspecified atom stereocenters. The van der Waals surface area contributed by atoms with Crippen molar-refractivity contribution in [3.63, 3.8) is 0 Å². The average molecular weight is 268 g/mol. The molecule has 5 nitrogen and oxygen atoms in total. The van der Waals surface area contributed by atoms with Crippen molar-refractivity contribution in [1.29, 1.82) is 0 Å². The van der Waals surface area contributed by atoms with Gasteiger partial charge in [0.1, 0.15) is 0 Å². The van der Waals surface area contributed by atoms with Gasteiger partial charge in [0.15, 0.2) is 5.82 Å². The van der Waals surface area contributed by atoms with Crippen LogP contribution in [0.2, 0.25) is 5.02 Å². The van der Waals surface area contributed by atoms with E-state index in [4.69, 9.17) is 17.4 Å². The summed E-state index contributed by atoms with van der Waals surface area (Å²) in [6.45, 7) is 0. The first kappa shape index (κ1) is 12.1. The van der Waals surface area contributed by atoms with E-state index in [2.05, 4.69) is 20.4 Å². The van der Waals surface area contributed by atoms with E-state index in [9.17, 15) is 0 Å². The molecule has 0 aromatic carbocycles. The lowest BCUT2D eigenvalue weighted by Gasteiger charge is -2.02. The SMILES string of the molecule is NNc1cnc(CSc2ccc(Cl)cn2)cn1. The highest BCUT2D eigenvalue weighted by molar-refractivity contribution is 7.98. The number of hydrogen-bond donors (Lipinski definition) is 2. The lowest BCUT2D eigenvalue weighted by atomic mass is 10.5. The minimum atomic E-state index is 0.545. The van der Waals surface area contributed by atoms with Crippen LogP contribution in [0.5, 0.6) is 0 Å². The Morgan fingerprint density at radius 3 is 2.65 bits per heavy atom. The summed E-state index contributed by atoms with van der Waals surface area (Å²) in [5.74, 6) is 6.44. The van der Waals surface area contributed by atoms with Crippen molar-refractivity contribution in [2.24, 2.45) is 5.84 Å². The molecule has 2 aromatic heterocycles. The molecule has 2 heterocycles. The number of nitrogens with two attached hydrogens (primary N) is 1. The fraction of sp³-hybridized carbons (Fsp3) is 0.100. The molecule has 7 heteroatoms. The van der Waals surface area contributed by atoms with Crippen molar-refractivity contribution >= 4 is 29.2 Å². The molecular weight excluding hydrogens is 258 g/mol. The van der Waals surface area contributed by atoms with Crippen molar-refractivity contribution in [3.05, 3.63) is 41.4 Å². The topological polar surface area (TPSA) is 76.7 Å². The predicted octanol–water partition coefficient (Wildman–Crippen LogP) is 2.10. The molecule has 0 saturated carbocycles. The third kappa shape index (κ3) is 3.55. The summed E-state index contributed by atoms with van der Waals surface area (Å²) in [6, 6.07) is 3.68. The van der Waals surface area contributed by atoms with Crippen molar-refractivity contribution < 1.29 is 0 Å². The van der Waals surface area contributed by atoms with Gasteiger partial charge in [-0.25, -0.2) is 15.8 Å². The summed E-state index contributed by atoms with van der Waals surface area (Å²) >= 11 is 7.32. The van der Waals surface area contributed by atoms with Gasteiger partial charge in [-0.1, -0.05) is 23.4 Å². The highest BCUT2D eigenvalue weighted by atomic mass is 35.5. The maximum absolute atomic E-state index is 5.75. The second kappa shape index (κ2) is 5.81. The summed E-state index contributed by atoms with van der Waals surface area (Å²) < 4.78 is 0. The molecule has 0 saturated heterocycles. The van der Waals surface area contributed by atoms with Gasteiger partial charge < -0.3 is 5.43 Å². The second-order valence-corrected chi connectivity index (χ2v) is 4.57.